The topological polar surface area (TPSA) is 84.5 Å². The van der Waals surface area contributed by atoms with Gasteiger partial charge in [-0.05, 0) is 43.2 Å². The SMILES string of the molecule is Cc1ccccc1C(=O)OCC(=O)NCC(=O)Nc1cccc(Cl)c1C. The molecule has 0 aliphatic carbocycles. The van der Waals surface area contributed by atoms with Crippen LogP contribution >= 0.6 is 11.6 Å². The molecule has 26 heavy (non-hydrogen) atoms. The molecule has 6 nitrogen and oxygen atoms in total. The number of carbonyl (C=O) groups is 3. The monoisotopic (exact) mass is 374 g/mol. The highest BCUT2D eigenvalue weighted by Gasteiger charge is 2.13. The third kappa shape index (κ3) is 5.32. The summed E-state index contributed by atoms with van der Waals surface area (Å²) in [6, 6.07) is 12.1. The minimum Gasteiger partial charge on any atom is -0.452 e. The first kappa shape index (κ1) is 19.5. The van der Waals surface area contributed by atoms with E-state index in [9.17, 15) is 14.4 Å². The van der Waals surface area contributed by atoms with E-state index < -0.39 is 24.4 Å². The molecule has 0 unspecified atom stereocenters. The fourth-order valence-corrected chi connectivity index (χ4v) is 2.35. The lowest BCUT2D eigenvalue weighted by molar-refractivity contribution is -0.126. The Kier molecular flexibility index (Phi) is 6.74. The number of hydrogen-bond acceptors (Lipinski definition) is 4. The molecule has 2 rings (SSSR count). The van der Waals surface area contributed by atoms with Gasteiger partial charge in [0.05, 0.1) is 12.1 Å². The van der Waals surface area contributed by atoms with Crippen molar-refractivity contribution in [2.75, 3.05) is 18.5 Å². The zero-order valence-electron chi connectivity index (χ0n) is 14.5. The Morgan fingerprint density at radius 3 is 2.46 bits per heavy atom. The summed E-state index contributed by atoms with van der Waals surface area (Å²) in [5.74, 6) is -1.56. The van der Waals surface area contributed by atoms with Crippen LogP contribution in [0.2, 0.25) is 5.02 Å². The van der Waals surface area contributed by atoms with Crippen LogP contribution in [0.1, 0.15) is 21.5 Å². The van der Waals surface area contributed by atoms with E-state index in [0.29, 0.717) is 16.3 Å². The van der Waals surface area contributed by atoms with Gasteiger partial charge in [-0.25, -0.2) is 4.79 Å². The summed E-state index contributed by atoms with van der Waals surface area (Å²) in [7, 11) is 0. The van der Waals surface area contributed by atoms with Gasteiger partial charge in [0, 0.05) is 10.7 Å². The highest BCUT2D eigenvalue weighted by molar-refractivity contribution is 6.31. The van der Waals surface area contributed by atoms with Crippen molar-refractivity contribution in [3.05, 3.63) is 64.2 Å². The van der Waals surface area contributed by atoms with E-state index in [0.717, 1.165) is 11.1 Å². The van der Waals surface area contributed by atoms with Gasteiger partial charge in [0.1, 0.15) is 0 Å². The fraction of sp³-hybridized carbons (Fsp3) is 0.211. The Morgan fingerprint density at radius 1 is 1.00 bits per heavy atom. The van der Waals surface area contributed by atoms with Crippen LogP contribution in [0, 0.1) is 13.8 Å². The number of rotatable bonds is 6. The fourth-order valence-electron chi connectivity index (χ4n) is 2.18. The molecule has 0 saturated heterocycles. The molecule has 0 spiro atoms. The number of amides is 2. The van der Waals surface area contributed by atoms with Gasteiger partial charge in [-0.3, -0.25) is 9.59 Å². The molecule has 0 fully saturated rings. The largest absolute Gasteiger partial charge is 0.452 e. The average molecular weight is 375 g/mol. The molecule has 0 bridgehead atoms. The lowest BCUT2D eigenvalue weighted by atomic mass is 10.1. The third-order valence-electron chi connectivity index (χ3n) is 3.69. The van der Waals surface area contributed by atoms with Crippen LogP contribution < -0.4 is 10.6 Å². The maximum Gasteiger partial charge on any atom is 0.338 e. The maximum absolute atomic E-state index is 11.9. The first-order valence-corrected chi connectivity index (χ1v) is 8.30. The van der Waals surface area contributed by atoms with Crippen LogP contribution in [0.15, 0.2) is 42.5 Å². The zero-order valence-corrected chi connectivity index (χ0v) is 15.2. The molecule has 2 amide bonds. The zero-order chi connectivity index (χ0) is 19.1. The van der Waals surface area contributed by atoms with E-state index in [1.807, 2.05) is 0 Å². The highest BCUT2D eigenvalue weighted by atomic mass is 35.5. The predicted molar refractivity (Wildman–Crippen MR) is 99.3 cm³/mol. The van der Waals surface area contributed by atoms with Gasteiger partial charge in [-0.2, -0.15) is 0 Å². The van der Waals surface area contributed by atoms with E-state index in [2.05, 4.69) is 10.6 Å². The number of ether oxygens (including phenoxy) is 1. The summed E-state index contributed by atoms with van der Waals surface area (Å²) >= 11 is 5.99. The molecular formula is C19H19ClN2O4. The van der Waals surface area contributed by atoms with Crippen LogP contribution in [-0.4, -0.2) is 30.9 Å². The van der Waals surface area contributed by atoms with Crippen LogP contribution in [0.4, 0.5) is 5.69 Å². The molecule has 2 aromatic carbocycles. The van der Waals surface area contributed by atoms with Crippen molar-refractivity contribution in [1.82, 2.24) is 5.32 Å². The van der Waals surface area contributed by atoms with E-state index in [4.69, 9.17) is 16.3 Å². The predicted octanol–water partition coefficient (Wildman–Crippen LogP) is 2.87. The van der Waals surface area contributed by atoms with Gasteiger partial charge < -0.3 is 15.4 Å². The molecule has 0 atom stereocenters. The second-order valence-electron chi connectivity index (χ2n) is 5.63. The highest BCUT2D eigenvalue weighted by Crippen LogP contribution is 2.22. The quantitative estimate of drug-likeness (QED) is 0.761. The Morgan fingerprint density at radius 2 is 1.73 bits per heavy atom. The Balaban J connectivity index is 1.78. The van der Waals surface area contributed by atoms with Gasteiger partial charge in [0.15, 0.2) is 6.61 Å². The molecule has 0 aliphatic heterocycles. The molecule has 7 heteroatoms. The van der Waals surface area contributed by atoms with Crippen molar-refractivity contribution < 1.29 is 19.1 Å². The summed E-state index contributed by atoms with van der Waals surface area (Å²) in [6.45, 7) is 2.85. The summed E-state index contributed by atoms with van der Waals surface area (Å²) < 4.78 is 4.96. The number of benzene rings is 2. The molecule has 0 heterocycles. The van der Waals surface area contributed by atoms with Gasteiger partial charge in [-0.15, -0.1) is 0 Å². The maximum atomic E-state index is 11.9. The second kappa shape index (κ2) is 9.01. The number of nitrogens with one attached hydrogen (secondary N) is 2. The standard InChI is InChI=1S/C19H19ClN2O4/c1-12-6-3-4-7-14(12)19(25)26-11-18(24)21-10-17(23)22-16-9-5-8-15(20)13(16)2/h3-9H,10-11H2,1-2H3,(H,21,24)(H,22,23). The van der Waals surface area contributed by atoms with Gasteiger partial charge >= 0.3 is 5.97 Å². The van der Waals surface area contributed by atoms with Crippen LogP contribution in [-0.2, 0) is 14.3 Å². The number of aryl methyl sites for hydroxylation is 1. The third-order valence-corrected chi connectivity index (χ3v) is 4.10. The lowest BCUT2D eigenvalue weighted by Crippen LogP contribution is -2.35. The number of carbonyl (C=O) groups excluding carboxylic acids is 3. The van der Waals surface area contributed by atoms with E-state index in [-0.39, 0.29) is 6.54 Å². The molecule has 0 aromatic heterocycles. The molecule has 0 saturated carbocycles. The second-order valence-corrected chi connectivity index (χ2v) is 6.04. The number of hydrogen-bond donors (Lipinski definition) is 2. The van der Waals surface area contributed by atoms with Gasteiger partial charge in [-0.1, -0.05) is 35.9 Å². The van der Waals surface area contributed by atoms with Crippen molar-refractivity contribution in [2.24, 2.45) is 0 Å². The van der Waals surface area contributed by atoms with Crippen molar-refractivity contribution in [3.8, 4) is 0 Å². The first-order valence-electron chi connectivity index (χ1n) is 7.93. The van der Waals surface area contributed by atoms with E-state index >= 15 is 0 Å². The van der Waals surface area contributed by atoms with Crippen LogP contribution in [0.25, 0.3) is 0 Å². The summed E-state index contributed by atoms with van der Waals surface area (Å²) in [6.07, 6.45) is 0. The van der Waals surface area contributed by atoms with E-state index in [1.165, 1.54) is 0 Å². The first-order chi connectivity index (χ1) is 12.4. The number of esters is 1. The summed E-state index contributed by atoms with van der Waals surface area (Å²) in [4.78, 5) is 35.6. The molecular weight excluding hydrogens is 356 g/mol. The minimum atomic E-state index is -0.586. The van der Waals surface area contributed by atoms with Crippen molar-refractivity contribution >= 4 is 35.1 Å². The molecule has 2 aromatic rings. The minimum absolute atomic E-state index is 0.243. The van der Waals surface area contributed by atoms with Crippen LogP contribution in [0.3, 0.4) is 0 Å². The van der Waals surface area contributed by atoms with Crippen molar-refractivity contribution in [1.29, 1.82) is 0 Å². The number of halogens is 1. The van der Waals surface area contributed by atoms with E-state index in [1.54, 1.807) is 56.3 Å². The molecule has 0 radical (unpaired) electrons. The summed E-state index contributed by atoms with van der Waals surface area (Å²) in [5, 5.41) is 5.59. The molecule has 136 valence electrons. The van der Waals surface area contributed by atoms with Gasteiger partial charge in [0.25, 0.3) is 5.91 Å². The van der Waals surface area contributed by atoms with Gasteiger partial charge in [0.2, 0.25) is 5.91 Å². The Hall–Kier alpha value is -2.86. The average Bonchev–Trinajstić information content (AvgIpc) is 2.62. The smallest absolute Gasteiger partial charge is 0.338 e. The Bertz CT molecular complexity index is 836. The Labute approximate surface area is 156 Å². The van der Waals surface area contributed by atoms with Crippen molar-refractivity contribution in [2.45, 2.75) is 13.8 Å². The van der Waals surface area contributed by atoms with Crippen molar-refractivity contribution in [3.63, 3.8) is 0 Å². The molecule has 2 N–H and O–H groups in total. The van der Waals surface area contributed by atoms with Crippen LogP contribution in [0.5, 0.6) is 0 Å². The molecule has 0 aliphatic rings. The lowest BCUT2D eigenvalue weighted by Gasteiger charge is -2.10. The normalized spacial score (nSPS) is 10.1. The number of anilines is 1. The summed E-state index contributed by atoms with van der Waals surface area (Å²) in [5.41, 5.74) is 2.47.